The molecule has 0 saturated heterocycles. The summed E-state index contributed by atoms with van der Waals surface area (Å²) < 4.78 is 5.43. The Balaban J connectivity index is 1.56. The van der Waals surface area contributed by atoms with Crippen LogP contribution in [0.3, 0.4) is 0 Å². The second-order valence-corrected chi connectivity index (χ2v) is 7.16. The van der Waals surface area contributed by atoms with E-state index in [0.29, 0.717) is 29.0 Å². The summed E-state index contributed by atoms with van der Waals surface area (Å²) in [6.45, 7) is 0. The van der Waals surface area contributed by atoms with Crippen molar-refractivity contribution in [3.63, 3.8) is 0 Å². The van der Waals surface area contributed by atoms with E-state index >= 15 is 0 Å². The van der Waals surface area contributed by atoms with Crippen molar-refractivity contribution in [3.05, 3.63) is 72.4 Å². The molecule has 1 heterocycles. The molecular weight excluding hydrogens is 390 g/mol. The maximum Gasteiger partial charge on any atom is 0.265 e. The Bertz CT molecular complexity index is 1160. The van der Waals surface area contributed by atoms with E-state index in [1.165, 1.54) is 0 Å². The van der Waals surface area contributed by atoms with Gasteiger partial charge in [-0.1, -0.05) is 36.4 Å². The van der Waals surface area contributed by atoms with Crippen LogP contribution in [0.4, 0.5) is 17.3 Å². The highest BCUT2D eigenvalue weighted by Gasteiger charge is 2.22. The molecule has 2 aromatic carbocycles. The van der Waals surface area contributed by atoms with Gasteiger partial charge in [0.2, 0.25) is 5.95 Å². The smallest absolute Gasteiger partial charge is 0.265 e. The second-order valence-electron chi connectivity index (χ2n) is 7.16. The van der Waals surface area contributed by atoms with Gasteiger partial charge in [0.25, 0.3) is 5.91 Å². The van der Waals surface area contributed by atoms with Gasteiger partial charge >= 0.3 is 0 Å². The summed E-state index contributed by atoms with van der Waals surface area (Å²) in [4.78, 5) is 21.3. The van der Waals surface area contributed by atoms with Gasteiger partial charge in [-0.15, -0.1) is 0 Å². The van der Waals surface area contributed by atoms with Crippen LogP contribution in [0.25, 0.3) is 11.3 Å². The zero-order valence-corrected chi connectivity index (χ0v) is 17.0. The van der Waals surface area contributed by atoms with Crippen LogP contribution in [0.5, 0.6) is 5.75 Å². The molecule has 0 atom stereocenters. The summed E-state index contributed by atoms with van der Waals surface area (Å²) in [7, 11) is 1.56. The molecule has 2 N–H and O–H groups in total. The van der Waals surface area contributed by atoms with Crippen LogP contribution >= 0.6 is 0 Å². The maximum absolute atomic E-state index is 12.5. The number of hydrogen-bond acceptors (Lipinski definition) is 6. The molecule has 1 aromatic heterocycles. The topological polar surface area (TPSA) is 99.9 Å². The van der Waals surface area contributed by atoms with Crippen LogP contribution in [0.2, 0.25) is 0 Å². The second kappa shape index (κ2) is 9.09. The predicted molar refractivity (Wildman–Crippen MR) is 119 cm³/mol. The number of anilines is 3. The fourth-order valence-electron chi connectivity index (χ4n) is 3.05. The van der Waals surface area contributed by atoms with Crippen molar-refractivity contribution in [1.82, 2.24) is 9.97 Å². The molecule has 7 heteroatoms. The number of hydrogen-bond donors (Lipinski definition) is 2. The first-order chi connectivity index (χ1) is 15.2. The summed E-state index contributed by atoms with van der Waals surface area (Å²) in [5, 5.41) is 15.2. The zero-order chi connectivity index (χ0) is 21.6. The molecular formula is C24H21N5O2. The lowest BCUT2D eigenvalue weighted by atomic mass is 10.1. The number of allylic oxidation sites excluding steroid dienone is 1. The van der Waals surface area contributed by atoms with Gasteiger partial charge in [0, 0.05) is 17.4 Å². The standard InChI is InChI=1S/C24H21N5O2/c1-31-22-10-9-19(27-23(30)18(15-25)13-16-7-8-16)14-21(22)29-24-26-12-11-20(28-24)17-5-3-2-4-6-17/h2-6,9-14,16H,7-8H2,1H3,(H,27,30)(H,26,28,29)/b18-13-. The number of rotatable bonds is 7. The number of benzene rings is 2. The largest absolute Gasteiger partial charge is 0.495 e. The third kappa shape index (κ3) is 5.06. The molecule has 0 aliphatic heterocycles. The van der Waals surface area contributed by atoms with Crippen molar-refractivity contribution >= 4 is 23.2 Å². The Morgan fingerprint density at radius 2 is 2.00 bits per heavy atom. The highest BCUT2D eigenvalue weighted by Crippen LogP contribution is 2.32. The van der Waals surface area contributed by atoms with Crippen LogP contribution in [0.15, 0.2) is 72.4 Å². The Kier molecular flexibility index (Phi) is 5.90. The van der Waals surface area contributed by atoms with Gasteiger partial charge in [-0.3, -0.25) is 4.79 Å². The van der Waals surface area contributed by atoms with E-state index in [1.807, 2.05) is 42.5 Å². The molecule has 0 spiro atoms. The maximum atomic E-state index is 12.5. The Morgan fingerprint density at radius 3 is 2.71 bits per heavy atom. The first-order valence-corrected chi connectivity index (χ1v) is 9.93. The van der Waals surface area contributed by atoms with Crippen molar-refractivity contribution in [2.24, 2.45) is 5.92 Å². The molecule has 1 amide bonds. The van der Waals surface area contributed by atoms with Crippen molar-refractivity contribution in [2.75, 3.05) is 17.7 Å². The minimum Gasteiger partial charge on any atom is -0.495 e. The fraction of sp³-hybridized carbons (Fsp3) is 0.167. The minimum atomic E-state index is -0.423. The number of carbonyl (C=O) groups excluding carboxylic acids is 1. The van der Waals surface area contributed by atoms with Gasteiger partial charge in [-0.05, 0) is 43.0 Å². The summed E-state index contributed by atoms with van der Waals surface area (Å²) in [6, 6.07) is 18.8. The van der Waals surface area contributed by atoms with Crippen LogP contribution in [-0.4, -0.2) is 23.0 Å². The minimum absolute atomic E-state index is 0.131. The van der Waals surface area contributed by atoms with Crippen molar-refractivity contribution in [2.45, 2.75) is 12.8 Å². The molecule has 1 aliphatic rings. The SMILES string of the molecule is COc1ccc(NC(=O)/C(C#N)=C\C2CC2)cc1Nc1nccc(-c2ccccc2)n1. The lowest BCUT2D eigenvalue weighted by molar-refractivity contribution is -0.112. The van der Waals surface area contributed by atoms with Gasteiger partial charge in [-0.25, -0.2) is 9.97 Å². The Hall–Kier alpha value is -4.18. The number of nitriles is 1. The number of nitrogens with zero attached hydrogens (tertiary/aromatic N) is 3. The molecule has 0 bridgehead atoms. The first-order valence-electron chi connectivity index (χ1n) is 9.93. The van der Waals surface area contributed by atoms with Gasteiger partial charge in [0.15, 0.2) is 0 Å². The highest BCUT2D eigenvalue weighted by molar-refractivity contribution is 6.06. The van der Waals surface area contributed by atoms with Crippen LogP contribution in [-0.2, 0) is 4.79 Å². The highest BCUT2D eigenvalue weighted by atomic mass is 16.5. The zero-order valence-electron chi connectivity index (χ0n) is 17.0. The molecule has 3 aromatic rings. The van der Waals surface area contributed by atoms with Crippen molar-refractivity contribution < 1.29 is 9.53 Å². The molecule has 4 rings (SSSR count). The van der Waals surface area contributed by atoms with Gasteiger partial charge < -0.3 is 15.4 Å². The molecule has 154 valence electrons. The average molecular weight is 411 g/mol. The van der Waals surface area contributed by atoms with E-state index in [1.54, 1.807) is 37.6 Å². The molecule has 0 unspecified atom stereocenters. The number of ether oxygens (including phenoxy) is 1. The third-order valence-corrected chi connectivity index (χ3v) is 4.82. The van der Waals surface area contributed by atoms with E-state index in [2.05, 4.69) is 20.6 Å². The molecule has 0 radical (unpaired) electrons. The first kappa shape index (κ1) is 20.1. The Morgan fingerprint density at radius 1 is 1.19 bits per heavy atom. The summed E-state index contributed by atoms with van der Waals surface area (Å²) in [5.41, 5.74) is 3.02. The van der Waals surface area contributed by atoms with Gasteiger partial charge in [0.1, 0.15) is 17.4 Å². The number of carbonyl (C=O) groups is 1. The van der Waals surface area contributed by atoms with Crippen molar-refractivity contribution in [1.29, 1.82) is 5.26 Å². The lowest BCUT2D eigenvalue weighted by Crippen LogP contribution is -2.14. The normalized spacial score (nSPS) is 13.2. The summed E-state index contributed by atoms with van der Waals surface area (Å²) in [5.74, 6) is 0.880. The van der Waals surface area contributed by atoms with E-state index < -0.39 is 5.91 Å². The van der Waals surface area contributed by atoms with E-state index in [4.69, 9.17) is 4.74 Å². The molecule has 7 nitrogen and oxygen atoms in total. The van der Waals surface area contributed by atoms with Crippen LogP contribution in [0.1, 0.15) is 12.8 Å². The van der Waals surface area contributed by atoms with Gasteiger partial charge in [-0.2, -0.15) is 5.26 Å². The number of aromatic nitrogens is 2. The molecule has 1 fully saturated rings. The summed E-state index contributed by atoms with van der Waals surface area (Å²) in [6.07, 6.45) is 5.47. The average Bonchev–Trinajstić information content (AvgIpc) is 3.63. The van der Waals surface area contributed by atoms with Gasteiger partial charge in [0.05, 0.1) is 18.5 Å². The number of amides is 1. The molecule has 31 heavy (non-hydrogen) atoms. The predicted octanol–water partition coefficient (Wildman–Crippen LogP) is 4.69. The van der Waals surface area contributed by atoms with E-state index in [-0.39, 0.29) is 5.57 Å². The van der Waals surface area contributed by atoms with E-state index in [0.717, 1.165) is 24.1 Å². The number of methoxy groups -OCH3 is 1. The Labute approximate surface area is 180 Å². The fourth-order valence-corrected chi connectivity index (χ4v) is 3.05. The van der Waals surface area contributed by atoms with Crippen LogP contribution in [0, 0.1) is 17.2 Å². The van der Waals surface area contributed by atoms with E-state index in [9.17, 15) is 10.1 Å². The number of nitrogens with one attached hydrogen (secondary N) is 2. The lowest BCUT2D eigenvalue weighted by Gasteiger charge is -2.13. The summed E-state index contributed by atoms with van der Waals surface area (Å²) >= 11 is 0. The quantitative estimate of drug-likeness (QED) is 0.432. The van der Waals surface area contributed by atoms with Crippen LogP contribution < -0.4 is 15.4 Å². The monoisotopic (exact) mass is 411 g/mol. The molecule has 1 saturated carbocycles. The van der Waals surface area contributed by atoms with Crippen molar-refractivity contribution in [3.8, 4) is 23.1 Å². The third-order valence-electron chi connectivity index (χ3n) is 4.82. The molecule has 1 aliphatic carbocycles.